The molecule has 0 unspecified atom stereocenters. The number of fused-ring (bicyclic) bond motifs is 1. The lowest BCUT2D eigenvalue weighted by Crippen LogP contribution is -2.19. The molecule has 3 aromatic rings. The molecule has 2 aromatic carbocycles. The van der Waals surface area contributed by atoms with E-state index in [1.165, 1.54) is 6.07 Å². The van der Waals surface area contributed by atoms with Crippen molar-refractivity contribution >= 4 is 22.4 Å². The van der Waals surface area contributed by atoms with Crippen LogP contribution < -0.4 is 10.9 Å². The first kappa shape index (κ1) is 13.9. The number of aromatic amines is 1. The molecule has 7 heteroatoms. The van der Waals surface area contributed by atoms with E-state index >= 15 is 0 Å². The standard InChI is InChI=1S/C15H9F2N3O2/c16-11-6-5-8(7-12(11)17)18-15(22)13-9-3-1-2-4-10(9)14(21)20-19-13/h1-7H,(H,18,22)(H,20,21). The molecule has 1 heterocycles. The smallest absolute Gasteiger partial charge is 0.276 e. The van der Waals surface area contributed by atoms with Crippen molar-refractivity contribution in [1.82, 2.24) is 10.2 Å². The number of H-pyrrole nitrogens is 1. The van der Waals surface area contributed by atoms with Gasteiger partial charge in [0.05, 0.1) is 5.39 Å². The van der Waals surface area contributed by atoms with Gasteiger partial charge in [-0.3, -0.25) is 9.59 Å². The summed E-state index contributed by atoms with van der Waals surface area (Å²) in [5.74, 6) is -2.72. The van der Waals surface area contributed by atoms with Crippen LogP contribution in [0.5, 0.6) is 0 Å². The molecule has 5 nitrogen and oxygen atoms in total. The second-order valence-electron chi connectivity index (χ2n) is 4.53. The summed E-state index contributed by atoms with van der Waals surface area (Å²) in [5, 5.41) is 9.04. The number of hydrogen-bond acceptors (Lipinski definition) is 3. The van der Waals surface area contributed by atoms with Gasteiger partial charge in [0.25, 0.3) is 11.5 Å². The molecule has 0 radical (unpaired) electrons. The summed E-state index contributed by atoms with van der Waals surface area (Å²) in [7, 11) is 0. The third-order valence-corrected chi connectivity index (χ3v) is 3.09. The van der Waals surface area contributed by atoms with Gasteiger partial charge < -0.3 is 5.32 Å². The van der Waals surface area contributed by atoms with Crippen molar-refractivity contribution in [3.05, 3.63) is 70.1 Å². The van der Waals surface area contributed by atoms with Crippen LogP contribution >= 0.6 is 0 Å². The highest BCUT2D eigenvalue weighted by molar-refractivity contribution is 6.11. The Hall–Kier alpha value is -3.09. The SMILES string of the molecule is O=C(Nc1ccc(F)c(F)c1)c1n[nH]c(=O)c2ccccc12. The average Bonchev–Trinajstić information content (AvgIpc) is 2.51. The first-order valence-corrected chi connectivity index (χ1v) is 6.30. The second-order valence-corrected chi connectivity index (χ2v) is 4.53. The maximum atomic E-state index is 13.1. The van der Waals surface area contributed by atoms with Gasteiger partial charge in [-0.1, -0.05) is 18.2 Å². The molecule has 0 aliphatic rings. The monoisotopic (exact) mass is 301 g/mol. The van der Waals surface area contributed by atoms with E-state index in [1.54, 1.807) is 24.3 Å². The molecule has 0 fully saturated rings. The molecule has 0 saturated carbocycles. The first-order chi connectivity index (χ1) is 10.6. The van der Waals surface area contributed by atoms with E-state index in [0.29, 0.717) is 10.8 Å². The minimum absolute atomic E-state index is 0.0140. The predicted octanol–water partition coefficient (Wildman–Crippen LogP) is 2.45. The van der Waals surface area contributed by atoms with E-state index in [2.05, 4.69) is 15.5 Å². The lowest BCUT2D eigenvalue weighted by atomic mass is 10.1. The number of carbonyl (C=O) groups excluding carboxylic acids is 1. The molecule has 0 atom stereocenters. The van der Waals surface area contributed by atoms with Crippen molar-refractivity contribution in [2.24, 2.45) is 0 Å². The maximum Gasteiger partial charge on any atom is 0.276 e. The molecular formula is C15H9F2N3O2. The Bertz CT molecular complexity index is 937. The van der Waals surface area contributed by atoms with Gasteiger partial charge in [0, 0.05) is 17.1 Å². The average molecular weight is 301 g/mol. The zero-order chi connectivity index (χ0) is 15.7. The molecule has 2 N–H and O–H groups in total. The van der Waals surface area contributed by atoms with Gasteiger partial charge >= 0.3 is 0 Å². The maximum absolute atomic E-state index is 13.1. The molecule has 110 valence electrons. The second kappa shape index (κ2) is 5.36. The summed E-state index contributed by atoms with van der Waals surface area (Å²) in [6.45, 7) is 0. The highest BCUT2D eigenvalue weighted by Gasteiger charge is 2.14. The van der Waals surface area contributed by atoms with Crippen molar-refractivity contribution in [3.63, 3.8) is 0 Å². The van der Waals surface area contributed by atoms with E-state index in [0.717, 1.165) is 12.1 Å². The fourth-order valence-corrected chi connectivity index (χ4v) is 2.05. The van der Waals surface area contributed by atoms with E-state index in [-0.39, 0.29) is 11.4 Å². The molecule has 1 aromatic heterocycles. The number of anilines is 1. The topological polar surface area (TPSA) is 74.8 Å². The van der Waals surface area contributed by atoms with Crippen LogP contribution in [0, 0.1) is 11.6 Å². The van der Waals surface area contributed by atoms with E-state index < -0.39 is 23.1 Å². The fourth-order valence-electron chi connectivity index (χ4n) is 2.05. The van der Waals surface area contributed by atoms with Crippen LogP contribution in [0.25, 0.3) is 10.8 Å². The predicted molar refractivity (Wildman–Crippen MR) is 76.7 cm³/mol. The molecular weight excluding hydrogens is 292 g/mol. The number of carbonyl (C=O) groups is 1. The van der Waals surface area contributed by atoms with Gasteiger partial charge in [0.2, 0.25) is 0 Å². The first-order valence-electron chi connectivity index (χ1n) is 6.30. The van der Waals surface area contributed by atoms with E-state index in [9.17, 15) is 18.4 Å². The number of nitrogens with one attached hydrogen (secondary N) is 2. The molecule has 0 spiro atoms. The van der Waals surface area contributed by atoms with Crippen molar-refractivity contribution in [2.75, 3.05) is 5.32 Å². The van der Waals surface area contributed by atoms with Crippen LogP contribution in [0.15, 0.2) is 47.3 Å². The quantitative estimate of drug-likeness (QED) is 0.763. The number of halogens is 2. The van der Waals surface area contributed by atoms with Gasteiger partial charge in [-0.25, -0.2) is 13.9 Å². The Morgan fingerprint density at radius 3 is 2.50 bits per heavy atom. The third-order valence-electron chi connectivity index (χ3n) is 3.09. The Kier molecular flexibility index (Phi) is 3.38. The molecule has 22 heavy (non-hydrogen) atoms. The number of amides is 1. The highest BCUT2D eigenvalue weighted by atomic mass is 19.2. The van der Waals surface area contributed by atoms with Crippen LogP contribution in [-0.2, 0) is 0 Å². The Balaban J connectivity index is 2.01. The molecule has 0 aliphatic heterocycles. The fraction of sp³-hybridized carbons (Fsp3) is 0. The summed E-state index contributed by atoms with van der Waals surface area (Å²) in [6.07, 6.45) is 0. The number of nitrogens with zero attached hydrogens (tertiary/aromatic N) is 1. The van der Waals surface area contributed by atoms with Crippen molar-refractivity contribution in [3.8, 4) is 0 Å². The number of hydrogen-bond donors (Lipinski definition) is 2. The van der Waals surface area contributed by atoms with Gasteiger partial charge in [-0.15, -0.1) is 0 Å². The van der Waals surface area contributed by atoms with Crippen molar-refractivity contribution in [1.29, 1.82) is 0 Å². The lowest BCUT2D eigenvalue weighted by Gasteiger charge is -2.07. The van der Waals surface area contributed by atoms with Crippen LogP contribution in [0.4, 0.5) is 14.5 Å². The number of benzene rings is 2. The lowest BCUT2D eigenvalue weighted by molar-refractivity contribution is 0.102. The van der Waals surface area contributed by atoms with Gasteiger partial charge in [0.15, 0.2) is 17.3 Å². The summed E-state index contributed by atoms with van der Waals surface area (Å²) in [5.41, 5.74) is -0.346. The Morgan fingerprint density at radius 2 is 1.77 bits per heavy atom. The zero-order valence-corrected chi connectivity index (χ0v) is 11.1. The van der Waals surface area contributed by atoms with Crippen molar-refractivity contribution < 1.29 is 13.6 Å². The van der Waals surface area contributed by atoms with Gasteiger partial charge in [-0.2, -0.15) is 5.10 Å². The minimum Gasteiger partial charge on any atom is -0.320 e. The Labute approximate surface area is 122 Å². The van der Waals surface area contributed by atoms with E-state index in [4.69, 9.17) is 0 Å². The van der Waals surface area contributed by atoms with Crippen LogP contribution in [0.3, 0.4) is 0 Å². The summed E-state index contributed by atoms with van der Waals surface area (Å²) in [4.78, 5) is 23.9. The summed E-state index contributed by atoms with van der Waals surface area (Å²) >= 11 is 0. The third kappa shape index (κ3) is 2.44. The normalized spacial score (nSPS) is 10.6. The van der Waals surface area contributed by atoms with Gasteiger partial charge in [0.1, 0.15) is 0 Å². The molecule has 1 amide bonds. The molecule has 0 bridgehead atoms. The summed E-state index contributed by atoms with van der Waals surface area (Å²) < 4.78 is 26.0. The Morgan fingerprint density at radius 1 is 1.05 bits per heavy atom. The van der Waals surface area contributed by atoms with Crippen LogP contribution in [0.1, 0.15) is 10.5 Å². The zero-order valence-electron chi connectivity index (χ0n) is 11.1. The molecule has 0 aliphatic carbocycles. The van der Waals surface area contributed by atoms with Gasteiger partial charge in [-0.05, 0) is 18.2 Å². The van der Waals surface area contributed by atoms with Crippen molar-refractivity contribution in [2.45, 2.75) is 0 Å². The number of aromatic nitrogens is 2. The molecule has 3 rings (SSSR count). The van der Waals surface area contributed by atoms with Crippen LogP contribution in [0.2, 0.25) is 0 Å². The largest absolute Gasteiger partial charge is 0.320 e. The van der Waals surface area contributed by atoms with E-state index in [1.807, 2.05) is 0 Å². The summed E-state index contributed by atoms with van der Waals surface area (Å²) in [6, 6.07) is 9.46. The number of rotatable bonds is 2. The highest BCUT2D eigenvalue weighted by Crippen LogP contribution is 2.16. The minimum atomic E-state index is -1.07. The van der Waals surface area contributed by atoms with Crippen LogP contribution in [-0.4, -0.2) is 16.1 Å². The molecule has 0 saturated heterocycles.